The van der Waals surface area contributed by atoms with E-state index >= 15 is 0 Å². The van der Waals surface area contributed by atoms with Crippen molar-refractivity contribution in [3.05, 3.63) is 0 Å². The van der Waals surface area contributed by atoms with Gasteiger partial charge in [-0.3, -0.25) is 4.84 Å². The summed E-state index contributed by atoms with van der Waals surface area (Å²) in [4.78, 5) is 5.33. The molecular weight excluding hydrogens is 198 g/mol. The Balaban J connectivity index is 1.85. The Morgan fingerprint density at radius 1 is 1.27 bits per heavy atom. The van der Waals surface area contributed by atoms with Crippen LogP contribution in [-0.4, -0.2) is 46.5 Å². The summed E-state index contributed by atoms with van der Waals surface area (Å²) in [6.07, 6.45) is -0.0133. The van der Waals surface area contributed by atoms with Crippen molar-refractivity contribution in [2.45, 2.75) is 63.6 Å². The van der Waals surface area contributed by atoms with E-state index in [2.05, 4.69) is 0 Å². The molecule has 0 unspecified atom stereocenters. The smallest absolute Gasteiger partial charge is 0.176 e. The molecule has 0 bridgehead atoms. The molecule has 0 aromatic heterocycles. The maximum Gasteiger partial charge on any atom is 0.176 e. The fourth-order valence-corrected chi connectivity index (χ4v) is 2.88. The molecule has 5 heteroatoms. The van der Waals surface area contributed by atoms with E-state index < -0.39 is 12.1 Å². The maximum absolute atomic E-state index is 9.44. The van der Waals surface area contributed by atoms with E-state index in [1.807, 2.05) is 25.8 Å². The molecule has 0 aromatic carbocycles. The topological polar surface area (TPSA) is 51.2 Å². The van der Waals surface area contributed by atoms with Gasteiger partial charge in [0.25, 0.3) is 0 Å². The molecule has 0 saturated carbocycles. The summed E-state index contributed by atoms with van der Waals surface area (Å²) in [5.41, 5.74) is 0. The van der Waals surface area contributed by atoms with Gasteiger partial charge in [-0.05, 0) is 20.8 Å². The van der Waals surface area contributed by atoms with Gasteiger partial charge in [0, 0.05) is 6.42 Å². The predicted molar refractivity (Wildman–Crippen MR) is 50.6 cm³/mol. The first-order valence-corrected chi connectivity index (χ1v) is 5.47. The van der Waals surface area contributed by atoms with Crippen molar-refractivity contribution in [1.82, 2.24) is 5.06 Å². The highest BCUT2D eigenvalue weighted by Crippen LogP contribution is 2.44. The number of hydrogen-bond donors (Lipinski definition) is 1. The number of hydrogen-bond acceptors (Lipinski definition) is 5. The summed E-state index contributed by atoms with van der Waals surface area (Å²) in [7, 11) is 0. The highest BCUT2D eigenvalue weighted by atomic mass is 16.8. The van der Waals surface area contributed by atoms with Crippen molar-refractivity contribution in [1.29, 1.82) is 0 Å². The van der Waals surface area contributed by atoms with Gasteiger partial charge in [0.15, 0.2) is 12.1 Å². The molecule has 3 rings (SSSR count). The second kappa shape index (κ2) is 2.93. The van der Waals surface area contributed by atoms with Crippen LogP contribution in [0.5, 0.6) is 0 Å². The summed E-state index contributed by atoms with van der Waals surface area (Å²) in [5.74, 6) is -0.511. The van der Waals surface area contributed by atoms with E-state index in [1.54, 1.807) is 0 Å². The molecule has 3 aliphatic heterocycles. The zero-order valence-electron chi connectivity index (χ0n) is 9.21. The highest BCUT2D eigenvalue weighted by Gasteiger charge is 2.59. The molecule has 0 radical (unpaired) electrons. The van der Waals surface area contributed by atoms with Crippen molar-refractivity contribution >= 4 is 0 Å². The second-order valence-electron chi connectivity index (χ2n) is 5.03. The largest absolute Gasteiger partial charge is 0.366 e. The Labute approximate surface area is 88.9 Å². The fraction of sp³-hybridized carbons (Fsp3) is 1.00. The third kappa shape index (κ3) is 1.34. The molecule has 0 amide bonds. The number of nitrogens with zero attached hydrogens (tertiary/aromatic N) is 1. The van der Waals surface area contributed by atoms with Crippen LogP contribution in [0.15, 0.2) is 0 Å². The third-order valence-corrected chi connectivity index (χ3v) is 3.43. The summed E-state index contributed by atoms with van der Waals surface area (Å²) < 4.78 is 11.7. The van der Waals surface area contributed by atoms with Gasteiger partial charge in [-0.25, -0.2) is 0 Å². The molecule has 1 N–H and O–H groups in total. The molecule has 3 fully saturated rings. The normalized spacial score (nSPS) is 53.2. The summed E-state index contributed by atoms with van der Waals surface area (Å²) >= 11 is 0. The van der Waals surface area contributed by atoms with Gasteiger partial charge >= 0.3 is 0 Å². The molecular formula is C10H17NO4. The SMILES string of the molecule is C[C@H]1[C@H]2OC(C)(C)O[C@H]2[C@@H]2C[C@H](O)ON12. The third-order valence-electron chi connectivity index (χ3n) is 3.43. The molecule has 86 valence electrons. The molecule has 15 heavy (non-hydrogen) atoms. The van der Waals surface area contributed by atoms with Crippen LogP contribution in [0.1, 0.15) is 27.2 Å². The van der Waals surface area contributed by atoms with Crippen molar-refractivity contribution in [3.63, 3.8) is 0 Å². The van der Waals surface area contributed by atoms with E-state index in [0.29, 0.717) is 6.42 Å². The van der Waals surface area contributed by atoms with Gasteiger partial charge in [0.2, 0.25) is 0 Å². The number of aliphatic hydroxyl groups is 1. The van der Waals surface area contributed by atoms with Crippen LogP contribution in [0.4, 0.5) is 0 Å². The van der Waals surface area contributed by atoms with Gasteiger partial charge in [0.05, 0.1) is 12.1 Å². The Hall–Kier alpha value is -0.200. The Kier molecular flexibility index (Phi) is 1.95. The molecule has 0 aromatic rings. The van der Waals surface area contributed by atoms with Crippen LogP contribution in [0, 0.1) is 0 Å². The van der Waals surface area contributed by atoms with Crippen LogP contribution >= 0.6 is 0 Å². The van der Waals surface area contributed by atoms with Crippen LogP contribution in [0.3, 0.4) is 0 Å². The molecule has 0 spiro atoms. The lowest BCUT2D eigenvalue weighted by atomic mass is 10.1. The Bertz CT molecular complexity index is 283. The van der Waals surface area contributed by atoms with Gasteiger partial charge in [-0.2, -0.15) is 5.06 Å². The fourth-order valence-electron chi connectivity index (χ4n) is 2.88. The van der Waals surface area contributed by atoms with Crippen molar-refractivity contribution in [2.24, 2.45) is 0 Å². The minimum Gasteiger partial charge on any atom is -0.366 e. The number of hydroxylamine groups is 2. The van der Waals surface area contributed by atoms with E-state index in [0.717, 1.165) is 0 Å². The number of aliphatic hydroxyl groups excluding tert-OH is 1. The standard InChI is InChI=1S/C10H17NO4/c1-5-8-9(14-10(2,3)13-8)6-4-7(12)15-11(5)6/h5-9,12H,4H2,1-3H3/t5-,6-,7+,8+,9-/m0/s1. The molecule has 3 saturated heterocycles. The summed E-state index contributed by atoms with van der Waals surface area (Å²) in [6.45, 7) is 5.89. The van der Waals surface area contributed by atoms with Crippen LogP contribution < -0.4 is 0 Å². The van der Waals surface area contributed by atoms with Crippen LogP contribution in [0.25, 0.3) is 0 Å². The summed E-state index contributed by atoms with van der Waals surface area (Å²) in [5, 5.41) is 11.3. The molecule has 0 aliphatic carbocycles. The highest BCUT2D eigenvalue weighted by molar-refractivity contribution is 5.03. The monoisotopic (exact) mass is 215 g/mol. The van der Waals surface area contributed by atoms with Crippen molar-refractivity contribution in [2.75, 3.05) is 0 Å². The minimum absolute atomic E-state index is 0.0205. The summed E-state index contributed by atoms with van der Waals surface area (Å²) in [6, 6.07) is 0.265. The van der Waals surface area contributed by atoms with Gasteiger partial charge in [-0.15, -0.1) is 0 Å². The van der Waals surface area contributed by atoms with E-state index in [-0.39, 0.29) is 24.3 Å². The first-order chi connectivity index (χ1) is 6.98. The van der Waals surface area contributed by atoms with E-state index in [9.17, 15) is 5.11 Å². The van der Waals surface area contributed by atoms with Crippen LogP contribution in [0.2, 0.25) is 0 Å². The lowest BCUT2D eigenvalue weighted by Gasteiger charge is -2.26. The first kappa shape index (κ1) is 9.99. The zero-order chi connectivity index (χ0) is 10.8. The van der Waals surface area contributed by atoms with Gasteiger partial charge < -0.3 is 14.6 Å². The lowest BCUT2D eigenvalue weighted by molar-refractivity contribution is -0.252. The average molecular weight is 215 g/mol. The molecule has 3 aliphatic rings. The second-order valence-corrected chi connectivity index (χ2v) is 5.03. The van der Waals surface area contributed by atoms with Crippen LogP contribution in [-0.2, 0) is 14.3 Å². The Morgan fingerprint density at radius 3 is 2.67 bits per heavy atom. The Morgan fingerprint density at radius 2 is 1.93 bits per heavy atom. The zero-order valence-corrected chi connectivity index (χ0v) is 9.21. The van der Waals surface area contributed by atoms with Crippen molar-refractivity contribution in [3.8, 4) is 0 Å². The predicted octanol–water partition coefficient (Wildman–Crippen LogP) is 0.233. The quantitative estimate of drug-likeness (QED) is 0.627. The van der Waals surface area contributed by atoms with E-state index in [1.165, 1.54) is 0 Å². The van der Waals surface area contributed by atoms with Gasteiger partial charge in [0.1, 0.15) is 12.2 Å². The minimum atomic E-state index is -0.689. The molecule has 5 atom stereocenters. The molecule has 3 heterocycles. The van der Waals surface area contributed by atoms with Crippen molar-refractivity contribution < 1.29 is 19.4 Å². The molecule has 5 nitrogen and oxygen atoms in total. The number of fused-ring (bicyclic) bond motifs is 3. The maximum atomic E-state index is 9.44. The average Bonchev–Trinajstić information content (AvgIpc) is 2.69. The van der Waals surface area contributed by atoms with Gasteiger partial charge in [-0.1, -0.05) is 0 Å². The number of rotatable bonds is 0. The first-order valence-electron chi connectivity index (χ1n) is 5.47. The lowest BCUT2D eigenvalue weighted by Crippen LogP contribution is -2.37. The van der Waals surface area contributed by atoms with E-state index in [4.69, 9.17) is 14.3 Å². The number of ether oxygens (including phenoxy) is 2.